The summed E-state index contributed by atoms with van der Waals surface area (Å²) in [7, 11) is 0. The zero-order chi connectivity index (χ0) is 90.6. The summed E-state index contributed by atoms with van der Waals surface area (Å²) in [6.45, 7) is 0. The first-order valence-corrected chi connectivity index (χ1v) is 28.0. The fourth-order valence-corrected chi connectivity index (χ4v) is 12.4. The zero-order valence-electron chi connectivity index (χ0n) is 82.2. The average Bonchev–Trinajstić information content (AvgIpc) is 1.09. The van der Waals surface area contributed by atoms with Crippen molar-refractivity contribution in [2.45, 2.75) is 0 Å². The molecule has 0 radical (unpaired) electrons. The lowest BCUT2D eigenvalue weighted by Gasteiger charge is -2.20. The van der Waals surface area contributed by atoms with Crippen LogP contribution in [0.25, 0.3) is 186 Å². The first-order chi connectivity index (χ1) is 59.6. The summed E-state index contributed by atoms with van der Waals surface area (Å²) in [5, 5.41) is -1.75. The molecule has 17 aromatic carbocycles. The zero-order valence-corrected chi connectivity index (χ0v) is 46.2. The van der Waals surface area contributed by atoms with E-state index in [0.717, 1.165) is 43.8 Å². The van der Waals surface area contributed by atoms with Crippen LogP contribution in [0.5, 0.6) is 0 Å². The highest BCUT2D eigenvalue weighted by molar-refractivity contribution is 6.29. The number of fused-ring (bicyclic) bond motifs is 15. The second-order valence-electron chi connectivity index (χ2n) is 20.9. The molecule has 2 nitrogen and oxygen atoms in total. The van der Waals surface area contributed by atoms with E-state index in [2.05, 4.69) is 24.3 Å². The first-order valence-electron chi connectivity index (χ1n) is 46.0. The van der Waals surface area contributed by atoms with Crippen LogP contribution in [0.15, 0.2) is 336 Å². The van der Waals surface area contributed by atoms with Crippen LogP contribution in [0.3, 0.4) is 0 Å². The molecule has 90 heavy (non-hydrogen) atoms. The molecule has 0 aliphatic rings. The summed E-state index contributed by atoms with van der Waals surface area (Å²) in [6, 6.07) is 5.48. The monoisotopic (exact) mass is 1180 g/mol. The summed E-state index contributed by atoms with van der Waals surface area (Å²) in [5.74, 6) is 0. The summed E-state index contributed by atoms with van der Waals surface area (Å²) >= 11 is 0. The largest absolute Gasteiger partial charge is 0.455 e. The van der Waals surface area contributed by atoms with Gasteiger partial charge in [-0.05, 0) is 156 Å². The minimum absolute atomic E-state index is 0.194. The van der Waals surface area contributed by atoms with Crippen LogP contribution in [-0.4, -0.2) is 0 Å². The SMILES string of the molecule is [2H]c1c([2H])c([2H])c(-c2c([2H])c([2H])c(-c3c4c([2H])c([2H])c([2H])c([2H])c4c(-c4c([2H])c([2H])c([2H])c5oc6c7c([2H])c([2H])c([2H])c([2H])c7c([2H])c([2H])c6c45)c4c([2H])c([2H])c([2H])c([2H])c34)c3c([2H])c([2H])c([2H])c([2H])c23)c([2H])c1[2H].[2H]c1c([2H])c([2H])c2c(-c3ccc(-c4cccc5oc6c7ccccc7ccc6c45)cc3)c3c([2H])c([2H])c([2H])c([2H])c3c(-c3ccccc3)c2c1[2H]. The van der Waals surface area contributed by atoms with Gasteiger partial charge in [-0.3, -0.25) is 0 Å². The Morgan fingerprint density at radius 1 is 0.200 bits per heavy atom. The second-order valence-corrected chi connectivity index (χ2v) is 20.9. The smallest absolute Gasteiger partial charge is 0.143 e. The fourth-order valence-electron chi connectivity index (χ4n) is 12.4. The molecule has 0 fully saturated rings. The van der Waals surface area contributed by atoms with Gasteiger partial charge in [0.1, 0.15) is 22.3 Å². The van der Waals surface area contributed by atoms with E-state index in [0.29, 0.717) is 22.3 Å². The van der Waals surface area contributed by atoms with Crippen molar-refractivity contribution >= 4 is 119 Å². The van der Waals surface area contributed by atoms with E-state index in [1.807, 2.05) is 60.7 Å². The molecule has 0 aliphatic heterocycles. The van der Waals surface area contributed by atoms with Gasteiger partial charge in [0.25, 0.3) is 0 Å². The number of hydrogen-bond donors (Lipinski definition) is 0. The molecule has 0 saturated carbocycles. The van der Waals surface area contributed by atoms with Crippen LogP contribution in [0.2, 0.25) is 0 Å². The molecule has 0 spiro atoms. The van der Waals surface area contributed by atoms with Gasteiger partial charge in [0.05, 0.1) is 49.3 Å². The Bertz CT molecular complexity index is 8140. The summed E-state index contributed by atoms with van der Waals surface area (Å²) in [6.07, 6.45) is 0. The predicted octanol–water partition coefficient (Wildman–Crippen LogP) is 25.2. The maximum atomic E-state index is 9.77. The van der Waals surface area contributed by atoms with Crippen molar-refractivity contribution in [3.8, 4) is 66.8 Å². The Morgan fingerprint density at radius 2 is 0.689 bits per heavy atom. The van der Waals surface area contributed by atoms with Crippen molar-refractivity contribution in [1.29, 1.82) is 0 Å². The van der Waals surface area contributed by atoms with Gasteiger partial charge in [0.2, 0.25) is 0 Å². The Morgan fingerprint density at radius 3 is 1.34 bits per heavy atom. The fraction of sp³-hybridized carbons (Fsp3) is 0. The summed E-state index contributed by atoms with van der Waals surface area (Å²) < 4.78 is 337. The molecular weight excluding hydrogens is 1090 g/mol. The van der Waals surface area contributed by atoms with Gasteiger partial charge in [0, 0.05) is 32.3 Å². The van der Waals surface area contributed by atoms with Crippen LogP contribution in [0.1, 0.15) is 49.3 Å². The lowest BCUT2D eigenvalue weighted by molar-refractivity contribution is 0.672. The average molecular weight is 1180 g/mol. The number of rotatable bonds is 6. The molecule has 19 rings (SSSR count). The third kappa shape index (κ3) is 8.12. The molecule has 2 aromatic heterocycles. The van der Waals surface area contributed by atoms with Crippen LogP contribution in [-0.2, 0) is 0 Å². The van der Waals surface area contributed by atoms with Crippen molar-refractivity contribution in [1.82, 2.24) is 0 Å². The quantitative estimate of drug-likeness (QED) is 0.155. The molecule has 0 aliphatic carbocycles. The van der Waals surface area contributed by atoms with Crippen molar-refractivity contribution < 1.29 is 58.2 Å². The van der Waals surface area contributed by atoms with Crippen LogP contribution in [0, 0.1) is 0 Å². The van der Waals surface area contributed by atoms with Crippen molar-refractivity contribution in [2.24, 2.45) is 0 Å². The van der Waals surface area contributed by atoms with Crippen LogP contribution >= 0.6 is 0 Å². The van der Waals surface area contributed by atoms with Gasteiger partial charge in [-0.1, -0.05) is 303 Å². The molecule has 0 amide bonds. The van der Waals surface area contributed by atoms with Gasteiger partial charge in [-0.25, -0.2) is 0 Å². The summed E-state index contributed by atoms with van der Waals surface area (Å²) in [5.41, 5.74) is -0.571. The molecule has 0 unspecified atom stereocenters. The highest BCUT2D eigenvalue weighted by Crippen LogP contribution is 2.50. The normalized spacial score (nSPS) is 17.4. The van der Waals surface area contributed by atoms with Crippen molar-refractivity contribution in [3.05, 3.63) is 327 Å². The van der Waals surface area contributed by atoms with Crippen molar-refractivity contribution in [3.63, 3.8) is 0 Å². The van der Waals surface area contributed by atoms with E-state index in [1.54, 1.807) is 24.3 Å². The second kappa shape index (κ2) is 21.0. The Hall–Kier alpha value is -11.8. The maximum absolute atomic E-state index is 9.77. The maximum Gasteiger partial charge on any atom is 0.143 e. The van der Waals surface area contributed by atoms with E-state index in [-0.39, 0.29) is 45.7 Å². The van der Waals surface area contributed by atoms with Gasteiger partial charge < -0.3 is 8.83 Å². The molecule has 0 bridgehead atoms. The van der Waals surface area contributed by atoms with Crippen molar-refractivity contribution in [2.75, 3.05) is 0 Å². The van der Waals surface area contributed by atoms with E-state index in [1.165, 1.54) is 0 Å². The van der Waals surface area contributed by atoms with Crippen LogP contribution < -0.4 is 0 Å². The first kappa shape index (κ1) is 27.0. The lowest BCUT2D eigenvalue weighted by atomic mass is 9.83. The minimum atomic E-state index is -1.10. The van der Waals surface area contributed by atoms with Gasteiger partial charge >= 0.3 is 0 Å². The number of hydrogen-bond acceptors (Lipinski definition) is 2. The molecule has 418 valence electrons. The highest BCUT2D eigenvalue weighted by Gasteiger charge is 2.24. The molecule has 2 heteroatoms. The standard InChI is InChI=1S/C46H28O.C42H26O/c1-2-13-29(14-3-1)31-27-28-39(34-18-7-6-17-33(31)34)43-35-19-8-10-21-37(35)44(38-22-11-9-20-36(38)43)40-23-12-24-42-45(40)41-26-25-30-15-4-5-16-32(30)46(41)47-42;1-2-12-29(13-3-1)39-33-15-6-8-17-35(33)40(36-18-9-7-16-34(36)39)30-23-21-28(22-24-30)31-19-10-20-38-41(31)37-26-25-27-11-4-5-14-32(27)42(37)43-38/h1-28H;1-26H/i1D,2D,3D,4D,5D,6D,7D,8D,9D,10D,11D,12D,13D,14D,15D,16D,17D,18D,19D,20D,21D,22D,23D,24D,25D,26D,27D,28D;6D,7D,8D,9D,15D,16D,17D,18D. The van der Waals surface area contributed by atoms with Gasteiger partial charge in [0.15, 0.2) is 0 Å². The molecule has 2 heterocycles. The van der Waals surface area contributed by atoms with E-state index in [9.17, 15) is 13.7 Å². The Labute approximate surface area is 570 Å². The lowest BCUT2D eigenvalue weighted by Crippen LogP contribution is -1.92. The highest BCUT2D eigenvalue weighted by atomic mass is 16.3. The third-order valence-corrected chi connectivity index (χ3v) is 16.2. The Balaban J connectivity index is 0.000000183. The molecule has 19 aromatic rings. The third-order valence-electron chi connectivity index (χ3n) is 16.2. The molecule has 0 atom stereocenters. The van der Waals surface area contributed by atoms with E-state index >= 15 is 0 Å². The molecule has 0 saturated heterocycles. The summed E-state index contributed by atoms with van der Waals surface area (Å²) in [4.78, 5) is 0. The van der Waals surface area contributed by atoms with E-state index in [4.69, 9.17) is 44.5 Å². The van der Waals surface area contributed by atoms with Gasteiger partial charge in [-0.2, -0.15) is 0 Å². The van der Waals surface area contributed by atoms with E-state index < -0.39 is 292 Å². The minimum Gasteiger partial charge on any atom is -0.455 e. The predicted molar refractivity (Wildman–Crippen MR) is 383 cm³/mol. The molecular formula is C88H54O2. The topological polar surface area (TPSA) is 26.3 Å². The van der Waals surface area contributed by atoms with Crippen LogP contribution in [0.4, 0.5) is 0 Å². The van der Waals surface area contributed by atoms with Gasteiger partial charge in [-0.15, -0.1) is 0 Å². The number of furan rings is 2. The number of benzene rings is 17. The Kier molecular flexibility index (Phi) is 6.30. The molecule has 0 N–H and O–H groups in total.